The SMILES string of the molecule is CCCCCCCCCCC(Cc1ccccc1)C(C)[C+]1N=CC=N1. The maximum Gasteiger partial charge on any atom is 0.243 e. The van der Waals surface area contributed by atoms with Gasteiger partial charge < -0.3 is 0 Å². The van der Waals surface area contributed by atoms with Crippen LogP contribution in [0.1, 0.15) is 77.2 Å². The van der Waals surface area contributed by atoms with Crippen molar-refractivity contribution >= 4 is 12.4 Å². The van der Waals surface area contributed by atoms with Gasteiger partial charge in [-0.25, -0.2) is 0 Å². The number of hydrogen-bond acceptors (Lipinski definition) is 2. The second kappa shape index (κ2) is 11.9. The standard InChI is InChI=1S/C23H35N2/c1-3-4-5-6-7-8-9-13-16-22(19-21-14-11-10-12-15-21)20(2)23-24-17-18-25-23/h10-12,14-15,17-18,20,22H,3-9,13,16,19H2,1-2H3/q+1. The van der Waals surface area contributed by atoms with Crippen LogP contribution in [0.15, 0.2) is 40.3 Å². The number of aliphatic imine (C=N–C) groups is 2. The molecule has 0 spiro atoms. The Morgan fingerprint density at radius 2 is 1.44 bits per heavy atom. The van der Waals surface area contributed by atoms with Crippen molar-refractivity contribution in [3.63, 3.8) is 0 Å². The van der Waals surface area contributed by atoms with Gasteiger partial charge in [0.05, 0.1) is 5.92 Å². The first-order valence-corrected chi connectivity index (χ1v) is 10.3. The Bertz CT molecular complexity index is 494. The van der Waals surface area contributed by atoms with Crippen molar-refractivity contribution in [3.8, 4) is 0 Å². The predicted molar refractivity (Wildman–Crippen MR) is 110 cm³/mol. The molecule has 2 heteroatoms. The van der Waals surface area contributed by atoms with Crippen molar-refractivity contribution in [3.05, 3.63) is 42.1 Å². The fourth-order valence-electron chi connectivity index (χ4n) is 3.68. The molecule has 0 amide bonds. The van der Waals surface area contributed by atoms with Crippen molar-refractivity contribution in [1.29, 1.82) is 0 Å². The van der Waals surface area contributed by atoms with Crippen LogP contribution in [0.25, 0.3) is 0 Å². The lowest BCUT2D eigenvalue weighted by Gasteiger charge is -2.22. The summed E-state index contributed by atoms with van der Waals surface area (Å²) in [6.07, 6.45) is 18.1. The first-order chi connectivity index (χ1) is 12.3. The molecule has 2 unspecified atom stereocenters. The molecule has 1 aromatic carbocycles. The molecule has 0 saturated heterocycles. The molecule has 0 N–H and O–H groups in total. The summed E-state index contributed by atoms with van der Waals surface area (Å²) in [5.41, 5.74) is 1.44. The Labute approximate surface area is 154 Å². The van der Waals surface area contributed by atoms with E-state index in [4.69, 9.17) is 0 Å². The number of benzene rings is 1. The van der Waals surface area contributed by atoms with E-state index in [-0.39, 0.29) is 0 Å². The highest BCUT2D eigenvalue weighted by Crippen LogP contribution is 2.32. The van der Waals surface area contributed by atoms with Gasteiger partial charge in [-0.05, 0) is 31.2 Å². The van der Waals surface area contributed by atoms with Gasteiger partial charge in [0.2, 0.25) is 6.17 Å². The minimum Gasteiger partial charge on any atom is -0.0965 e. The van der Waals surface area contributed by atoms with Crippen LogP contribution in [0.5, 0.6) is 0 Å². The monoisotopic (exact) mass is 339 g/mol. The van der Waals surface area contributed by atoms with E-state index in [0.717, 1.165) is 12.6 Å². The van der Waals surface area contributed by atoms with Crippen LogP contribution in [0.2, 0.25) is 0 Å². The van der Waals surface area contributed by atoms with E-state index in [1.54, 1.807) is 0 Å². The Balaban J connectivity index is 1.76. The van der Waals surface area contributed by atoms with Gasteiger partial charge in [0, 0.05) is 0 Å². The third-order valence-electron chi connectivity index (χ3n) is 5.36. The summed E-state index contributed by atoms with van der Waals surface area (Å²) >= 11 is 0. The highest BCUT2D eigenvalue weighted by molar-refractivity contribution is 6.18. The largest absolute Gasteiger partial charge is 0.243 e. The minimum absolute atomic E-state index is 0.430. The van der Waals surface area contributed by atoms with Crippen LogP contribution < -0.4 is 0 Å². The van der Waals surface area contributed by atoms with E-state index in [1.165, 1.54) is 63.4 Å². The molecule has 2 nitrogen and oxygen atoms in total. The third kappa shape index (κ3) is 7.46. The van der Waals surface area contributed by atoms with Crippen LogP contribution in [0, 0.1) is 18.0 Å². The van der Waals surface area contributed by atoms with E-state index in [9.17, 15) is 0 Å². The number of nitrogens with zero attached hydrogens (tertiary/aromatic N) is 2. The van der Waals surface area contributed by atoms with Gasteiger partial charge in [-0.2, -0.15) is 0 Å². The van der Waals surface area contributed by atoms with E-state index in [1.807, 2.05) is 12.4 Å². The lowest BCUT2D eigenvalue weighted by atomic mass is 9.82. The van der Waals surface area contributed by atoms with Crippen LogP contribution in [0.4, 0.5) is 0 Å². The Morgan fingerprint density at radius 1 is 0.840 bits per heavy atom. The molecule has 1 aliphatic heterocycles. The molecule has 136 valence electrons. The molecule has 1 heterocycles. The summed E-state index contributed by atoms with van der Waals surface area (Å²) in [6.45, 7) is 4.58. The summed E-state index contributed by atoms with van der Waals surface area (Å²) in [5.74, 6) is 1.06. The molecule has 0 bridgehead atoms. The smallest absolute Gasteiger partial charge is 0.0965 e. The number of hydrogen-bond donors (Lipinski definition) is 0. The second-order valence-corrected chi connectivity index (χ2v) is 7.42. The third-order valence-corrected chi connectivity index (χ3v) is 5.36. The van der Waals surface area contributed by atoms with Crippen LogP contribution >= 0.6 is 0 Å². The lowest BCUT2D eigenvalue weighted by molar-refractivity contribution is 0.328. The normalized spacial score (nSPS) is 15.7. The van der Waals surface area contributed by atoms with E-state index >= 15 is 0 Å². The van der Waals surface area contributed by atoms with Gasteiger partial charge in [0.1, 0.15) is 0 Å². The molecule has 25 heavy (non-hydrogen) atoms. The maximum absolute atomic E-state index is 4.45. The highest BCUT2D eigenvalue weighted by atomic mass is 15.0. The fraction of sp³-hybridized carbons (Fsp3) is 0.609. The van der Waals surface area contributed by atoms with Crippen molar-refractivity contribution in [2.24, 2.45) is 21.8 Å². The molecule has 2 rings (SSSR count). The van der Waals surface area contributed by atoms with Gasteiger partial charge in [-0.1, -0.05) is 98.6 Å². The van der Waals surface area contributed by atoms with Crippen LogP contribution in [0.3, 0.4) is 0 Å². The fourth-order valence-corrected chi connectivity index (χ4v) is 3.68. The highest BCUT2D eigenvalue weighted by Gasteiger charge is 2.31. The second-order valence-electron chi connectivity index (χ2n) is 7.42. The summed E-state index contributed by atoms with van der Waals surface area (Å²) in [5, 5.41) is 0. The van der Waals surface area contributed by atoms with Gasteiger partial charge in [0.25, 0.3) is 0 Å². The molecular weight excluding hydrogens is 304 g/mol. The zero-order chi connectivity index (χ0) is 17.7. The van der Waals surface area contributed by atoms with Gasteiger partial charge in [-0.3, -0.25) is 0 Å². The molecule has 0 aromatic heterocycles. The van der Waals surface area contributed by atoms with Crippen molar-refractivity contribution in [2.45, 2.75) is 78.1 Å². The van der Waals surface area contributed by atoms with E-state index < -0.39 is 0 Å². The molecular formula is C23H35N2+. The summed E-state index contributed by atoms with van der Waals surface area (Å²) in [6, 6.07) is 10.9. The Kier molecular flexibility index (Phi) is 9.40. The van der Waals surface area contributed by atoms with Crippen LogP contribution in [-0.2, 0) is 6.42 Å². The Morgan fingerprint density at radius 3 is 2.08 bits per heavy atom. The zero-order valence-corrected chi connectivity index (χ0v) is 16.2. The number of unbranched alkanes of at least 4 members (excludes halogenated alkanes) is 7. The molecule has 1 aromatic rings. The molecule has 0 saturated carbocycles. The van der Waals surface area contributed by atoms with E-state index in [2.05, 4.69) is 54.2 Å². The molecule has 0 radical (unpaired) electrons. The first-order valence-electron chi connectivity index (χ1n) is 10.3. The van der Waals surface area contributed by atoms with Crippen molar-refractivity contribution in [1.82, 2.24) is 0 Å². The Hall–Kier alpha value is -1.57. The quantitative estimate of drug-likeness (QED) is 0.284. The lowest BCUT2D eigenvalue weighted by Crippen LogP contribution is -2.19. The average Bonchev–Trinajstić information content (AvgIpc) is 3.18. The number of rotatable bonds is 13. The molecule has 2 atom stereocenters. The van der Waals surface area contributed by atoms with Crippen molar-refractivity contribution < 1.29 is 0 Å². The molecule has 1 aliphatic rings. The minimum atomic E-state index is 0.430. The zero-order valence-electron chi connectivity index (χ0n) is 16.2. The summed E-state index contributed by atoms with van der Waals surface area (Å²) in [7, 11) is 0. The summed E-state index contributed by atoms with van der Waals surface area (Å²) < 4.78 is 0. The maximum atomic E-state index is 4.45. The van der Waals surface area contributed by atoms with Crippen LogP contribution in [-0.4, -0.2) is 12.4 Å². The first kappa shape index (κ1) is 19.8. The van der Waals surface area contributed by atoms with Crippen molar-refractivity contribution in [2.75, 3.05) is 0 Å². The molecule has 0 aliphatic carbocycles. The van der Waals surface area contributed by atoms with Gasteiger partial charge >= 0.3 is 0 Å². The predicted octanol–water partition coefficient (Wildman–Crippen LogP) is 6.66. The van der Waals surface area contributed by atoms with Gasteiger partial charge in [0.15, 0.2) is 12.4 Å². The topological polar surface area (TPSA) is 24.7 Å². The van der Waals surface area contributed by atoms with E-state index in [0.29, 0.717) is 11.8 Å². The summed E-state index contributed by atoms with van der Waals surface area (Å²) in [4.78, 5) is 8.91. The van der Waals surface area contributed by atoms with Gasteiger partial charge in [-0.15, -0.1) is 0 Å². The molecule has 0 fully saturated rings. The average molecular weight is 340 g/mol.